The highest BCUT2D eigenvalue weighted by atomic mass is 16.5. The van der Waals surface area contributed by atoms with Crippen molar-refractivity contribution in [3.05, 3.63) is 18.2 Å². The second-order valence-corrected chi connectivity index (χ2v) is 4.74. The van der Waals surface area contributed by atoms with Gasteiger partial charge in [0.15, 0.2) is 0 Å². The molecule has 1 atom stereocenters. The van der Waals surface area contributed by atoms with Gasteiger partial charge in [-0.05, 0) is 34.2 Å². The maximum absolute atomic E-state index is 5.82. The lowest BCUT2D eigenvalue weighted by atomic mass is 9.97. The van der Waals surface area contributed by atoms with Crippen LogP contribution in [0.3, 0.4) is 0 Å². The average molecular weight is 239 g/mol. The van der Waals surface area contributed by atoms with Crippen LogP contribution in [0.5, 0.6) is 0 Å². The molecule has 4 heteroatoms. The summed E-state index contributed by atoms with van der Waals surface area (Å²) < 4.78 is 8.02. The largest absolute Gasteiger partial charge is 0.374 e. The quantitative estimate of drug-likeness (QED) is 0.794. The van der Waals surface area contributed by atoms with E-state index < -0.39 is 0 Å². The molecule has 0 radical (unpaired) electrons. The van der Waals surface area contributed by atoms with Crippen LogP contribution < -0.4 is 5.32 Å². The summed E-state index contributed by atoms with van der Waals surface area (Å²) in [5.41, 5.74) is -0.264. The lowest BCUT2D eigenvalue weighted by Crippen LogP contribution is -2.41. The topological polar surface area (TPSA) is 39.1 Å². The van der Waals surface area contributed by atoms with Crippen LogP contribution in [0.1, 0.15) is 46.0 Å². The zero-order valence-electron chi connectivity index (χ0n) is 11.7. The fraction of sp³-hybridized carbons (Fsp3) is 0.769. The van der Waals surface area contributed by atoms with Gasteiger partial charge in [-0.2, -0.15) is 0 Å². The number of aryl methyl sites for hydroxylation is 1. The van der Waals surface area contributed by atoms with Crippen molar-refractivity contribution < 1.29 is 4.74 Å². The molecule has 1 unspecified atom stereocenters. The van der Waals surface area contributed by atoms with Crippen LogP contribution in [0.2, 0.25) is 0 Å². The molecule has 0 saturated heterocycles. The zero-order valence-corrected chi connectivity index (χ0v) is 11.7. The van der Waals surface area contributed by atoms with Gasteiger partial charge < -0.3 is 14.6 Å². The van der Waals surface area contributed by atoms with Crippen molar-refractivity contribution in [2.45, 2.75) is 52.3 Å². The summed E-state index contributed by atoms with van der Waals surface area (Å²) in [5.74, 6) is 1.05. The smallest absolute Gasteiger partial charge is 0.128 e. The Morgan fingerprint density at radius 3 is 2.71 bits per heavy atom. The van der Waals surface area contributed by atoms with Crippen molar-refractivity contribution >= 4 is 0 Å². The molecule has 0 aromatic carbocycles. The maximum Gasteiger partial charge on any atom is 0.128 e. The highest BCUT2D eigenvalue weighted by molar-refractivity contribution is 5.05. The monoisotopic (exact) mass is 239 g/mol. The summed E-state index contributed by atoms with van der Waals surface area (Å²) in [7, 11) is 1.95. The minimum atomic E-state index is -0.264. The normalized spacial score (nSPS) is 13.9. The molecular weight excluding hydrogens is 214 g/mol. The first kappa shape index (κ1) is 14.2. The van der Waals surface area contributed by atoms with Crippen molar-refractivity contribution in [1.82, 2.24) is 14.9 Å². The van der Waals surface area contributed by atoms with Crippen LogP contribution >= 0.6 is 0 Å². The number of likely N-dealkylation sites (N-methyl/N-ethyl adjacent to an activating group) is 1. The number of hydrogen-bond acceptors (Lipinski definition) is 3. The Morgan fingerprint density at radius 2 is 2.18 bits per heavy atom. The molecule has 0 bridgehead atoms. The first-order valence-corrected chi connectivity index (χ1v) is 6.39. The van der Waals surface area contributed by atoms with Gasteiger partial charge in [0, 0.05) is 25.5 Å². The Labute approximate surface area is 104 Å². The predicted octanol–water partition coefficient (Wildman–Crippen LogP) is 2.37. The lowest BCUT2D eigenvalue weighted by molar-refractivity contribution is -0.0402. The third-order valence-corrected chi connectivity index (χ3v) is 2.97. The number of aromatic nitrogens is 2. The van der Waals surface area contributed by atoms with Gasteiger partial charge in [-0.1, -0.05) is 6.92 Å². The Morgan fingerprint density at radius 1 is 1.47 bits per heavy atom. The molecule has 0 saturated carbocycles. The van der Waals surface area contributed by atoms with Crippen molar-refractivity contribution in [3.63, 3.8) is 0 Å². The molecule has 1 heterocycles. The van der Waals surface area contributed by atoms with Crippen molar-refractivity contribution in [3.8, 4) is 0 Å². The molecule has 4 nitrogen and oxygen atoms in total. The molecule has 0 aliphatic carbocycles. The van der Waals surface area contributed by atoms with Gasteiger partial charge in [0.05, 0.1) is 11.6 Å². The van der Waals surface area contributed by atoms with Gasteiger partial charge in [-0.15, -0.1) is 0 Å². The van der Waals surface area contributed by atoms with E-state index in [1.54, 1.807) is 0 Å². The lowest BCUT2D eigenvalue weighted by Gasteiger charge is -2.33. The number of hydrogen-bond donors (Lipinski definition) is 1. The molecule has 98 valence electrons. The van der Waals surface area contributed by atoms with Gasteiger partial charge >= 0.3 is 0 Å². The van der Waals surface area contributed by atoms with E-state index in [1.165, 1.54) is 0 Å². The summed E-state index contributed by atoms with van der Waals surface area (Å²) in [4.78, 5) is 4.47. The van der Waals surface area contributed by atoms with Gasteiger partial charge in [-0.3, -0.25) is 0 Å². The SMILES string of the molecule is CCCn1ccnc1C(NC)C(C)(C)OCC. The summed E-state index contributed by atoms with van der Waals surface area (Å²) in [6.45, 7) is 10.1. The second-order valence-electron chi connectivity index (χ2n) is 4.74. The van der Waals surface area contributed by atoms with E-state index in [-0.39, 0.29) is 11.6 Å². The Kier molecular flexibility index (Phi) is 5.15. The molecule has 1 N–H and O–H groups in total. The third kappa shape index (κ3) is 3.30. The summed E-state index contributed by atoms with van der Waals surface area (Å²) in [6.07, 6.45) is 5.00. The van der Waals surface area contributed by atoms with Crippen molar-refractivity contribution in [2.24, 2.45) is 0 Å². The van der Waals surface area contributed by atoms with Crippen LogP contribution in [0.15, 0.2) is 12.4 Å². The number of nitrogens with zero attached hydrogens (tertiary/aromatic N) is 2. The van der Waals surface area contributed by atoms with Crippen LogP contribution in [0.25, 0.3) is 0 Å². The highest BCUT2D eigenvalue weighted by Crippen LogP contribution is 2.27. The van der Waals surface area contributed by atoms with Gasteiger partial charge in [0.2, 0.25) is 0 Å². The van der Waals surface area contributed by atoms with E-state index in [4.69, 9.17) is 4.74 Å². The Hall–Kier alpha value is -0.870. The fourth-order valence-corrected chi connectivity index (χ4v) is 2.25. The minimum absolute atomic E-state index is 0.101. The van der Waals surface area contributed by atoms with E-state index in [2.05, 4.69) is 35.6 Å². The van der Waals surface area contributed by atoms with Gasteiger partial charge in [-0.25, -0.2) is 4.98 Å². The first-order chi connectivity index (χ1) is 8.06. The third-order valence-electron chi connectivity index (χ3n) is 2.97. The zero-order chi connectivity index (χ0) is 12.9. The van der Waals surface area contributed by atoms with Gasteiger partial charge in [0.25, 0.3) is 0 Å². The molecule has 1 aromatic heterocycles. The van der Waals surface area contributed by atoms with Gasteiger partial charge in [0.1, 0.15) is 5.82 Å². The number of nitrogens with one attached hydrogen (secondary N) is 1. The minimum Gasteiger partial charge on any atom is -0.374 e. The number of rotatable bonds is 7. The van der Waals surface area contributed by atoms with Crippen LogP contribution in [0.4, 0.5) is 0 Å². The highest BCUT2D eigenvalue weighted by Gasteiger charge is 2.33. The molecule has 1 rings (SSSR count). The molecule has 1 aromatic rings. The standard InChI is InChI=1S/C13H25N3O/c1-6-9-16-10-8-15-12(16)11(14-5)13(3,4)17-7-2/h8,10-11,14H,6-7,9H2,1-5H3. The van der Waals surface area contributed by atoms with E-state index in [9.17, 15) is 0 Å². The van der Waals surface area contributed by atoms with Crippen LogP contribution in [-0.2, 0) is 11.3 Å². The predicted molar refractivity (Wildman–Crippen MR) is 70.0 cm³/mol. The molecular formula is C13H25N3O. The van der Waals surface area contributed by atoms with E-state index in [0.29, 0.717) is 6.61 Å². The van der Waals surface area contributed by atoms with Crippen LogP contribution in [-0.4, -0.2) is 28.8 Å². The molecule has 0 spiro atoms. The van der Waals surface area contributed by atoms with Crippen molar-refractivity contribution in [1.29, 1.82) is 0 Å². The first-order valence-electron chi connectivity index (χ1n) is 6.39. The molecule has 0 amide bonds. The Balaban J connectivity index is 2.96. The van der Waals surface area contributed by atoms with Crippen LogP contribution in [0, 0.1) is 0 Å². The summed E-state index contributed by atoms with van der Waals surface area (Å²) >= 11 is 0. The van der Waals surface area contributed by atoms with E-state index in [1.807, 2.05) is 26.4 Å². The average Bonchev–Trinajstić information content (AvgIpc) is 2.67. The molecule has 0 aliphatic heterocycles. The molecule has 0 aliphatic rings. The molecule has 0 fully saturated rings. The fourth-order valence-electron chi connectivity index (χ4n) is 2.25. The number of imidazole rings is 1. The van der Waals surface area contributed by atoms with E-state index in [0.717, 1.165) is 18.8 Å². The summed E-state index contributed by atoms with van der Waals surface area (Å²) in [6, 6.07) is 0.101. The summed E-state index contributed by atoms with van der Waals surface area (Å²) in [5, 5.41) is 3.32. The van der Waals surface area contributed by atoms with Crippen molar-refractivity contribution in [2.75, 3.05) is 13.7 Å². The number of ether oxygens (including phenoxy) is 1. The molecule has 17 heavy (non-hydrogen) atoms. The maximum atomic E-state index is 5.82. The Bertz CT molecular complexity index is 333. The second kappa shape index (κ2) is 6.17. The van der Waals surface area contributed by atoms with E-state index >= 15 is 0 Å².